The van der Waals surface area contributed by atoms with Gasteiger partial charge < -0.3 is 19.1 Å². The van der Waals surface area contributed by atoms with Gasteiger partial charge in [-0.1, -0.05) is 0 Å². The van der Waals surface area contributed by atoms with Crippen LogP contribution >= 0.6 is 0 Å². The third kappa shape index (κ3) is 3.54. The summed E-state index contributed by atoms with van der Waals surface area (Å²) < 4.78 is 43.4. The molecule has 2 heterocycles. The van der Waals surface area contributed by atoms with E-state index in [1.807, 2.05) is 25.1 Å². The molecular weight excluding hydrogens is 368 g/mol. The third-order valence-electron chi connectivity index (χ3n) is 4.73. The predicted molar refractivity (Wildman–Crippen MR) is 101 cm³/mol. The van der Waals surface area contributed by atoms with Gasteiger partial charge in [0.2, 0.25) is 16.8 Å². The first-order valence-electron chi connectivity index (χ1n) is 8.95. The molecule has 0 aliphatic carbocycles. The van der Waals surface area contributed by atoms with E-state index in [4.69, 9.17) is 14.2 Å². The van der Waals surface area contributed by atoms with E-state index in [1.165, 1.54) is 4.31 Å². The van der Waals surface area contributed by atoms with Crippen molar-refractivity contribution >= 4 is 15.7 Å². The molecular formula is C19H22N2O5S. The van der Waals surface area contributed by atoms with Crippen molar-refractivity contribution in [3.8, 4) is 17.2 Å². The molecule has 7 nitrogen and oxygen atoms in total. The van der Waals surface area contributed by atoms with Gasteiger partial charge >= 0.3 is 0 Å². The molecule has 0 saturated carbocycles. The van der Waals surface area contributed by atoms with Crippen molar-refractivity contribution in [2.75, 3.05) is 44.5 Å². The van der Waals surface area contributed by atoms with E-state index in [0.29, 0.717) is 43.4 Å². The van der Waals surface area contributed by atoms with Gasteiger partial charge in [0.05, 0.1) is 11.5 Å². The maximum absolute atomic E-state index is 12.9. The normalized spacial score (nSPS) is 17.1. The number of sulfonamides is 1. The molecule has 0 aromatic heterocycles. The second-order valence-electron chi connectivity index (χ2n) is 6.33. The molecule has 27 heavy (non-hydrogen) atoms. The molecule has 0 radical (unpaired) electrons. The molecule has 4 rings (SSSR count). The number of rotatable bonds is 5. The van der Waals surface area contributed by atoms with E-state index >= 15 is 0 Å². The number of piperazine rings is 1. The van der Waals surface area contributed by atoms with Gasteiger partial charge in [-0.3, -0.25) is 0 Å². The molecule has 2 aliphatic heterocycles. The summed E-state index contributed by atoms with van der Waals surface area (Å²) in [6.45, 7) is 4.80. The van der Waals surface area contributed by atoms with Gasteiger partial charge in [0, 0.05) is 37.9 Å². The zero-order chi connectivity index (χ0) is 18.9. The van der Waals surface area contributed by atoms with Crippen molar-refractivity contribution in [3.05, 3.63) is 42.5 Å². The van der Waals surface area contributed by atoms with Crippen LogP contribution in [-0.4, -0.2) is 52.3 Å². The van der Waals surface area contributed by atoms with Gasteiger partial charge in [-0.2, -0.15) is 4.31 Å². The van der Waals surface area contributed by atoms with Gasteiger partial charge in [-0.05, 0) is 43.3 Å². The fourth-order valence-corrected chi connectivity index (χ4v) is 4.71. The number of benzene rings is 2. The highest BCUT2D eigenvalue weighted by atomic mass is 32.2. The molecule has 1 fully saturated rings. The second kappa shape index (κ2) is 7.28. The molecule has 2 aliphatic rings. The van der Waals surface area contributed by atoms with Crippen molar-refractivity contribution in [1.29, 1.82) is 0 Å². The van der Waals surface area contributed by atoms with Crippen molar-refractivity contribution in [3.63, 3.8) is 0 Å². The standard InChI is InChI=1S/C19H22N2O5S/c1-2-24-16-4-6-17(7-5-16)27(22,23)21-11-9-20(10-12-21)15-3-8-18-19(13-15)26-14-25-18/h3-8,13H,2,9-12,14H2,1H3. The Balaban J connectivity index is 1.43. The van der Waals surface area contributed by atoms with E-state index in [9.17, 15) is 8.42 Å². The van der Waals surface area contributed by atoms with Crippen LogP contribution in [0.5, 0.6) is 17.2 Å². The zero-order valence-electron chi connectivity index (χ0n) is 15.1. The summed E-state index contributed by atoms with van der Waals surface area (Å²) in [6, 6.07) is 12.4. The average Bonchev–Trinajstić information content (AvgIpc) is 3.17. The maximum Gasteiger partial charge on any atom is 0.243 e. The van der Waals surface area contributed by atoms with E-state index < -0.39 is 10.0 Å². The van der Waals surface area contributed by atoms with Crippen LogP contribution < -0.4 is 19.1 Å². The lowest BCUT2D eigenvalue weighted by Gasteiger charge is -2.35. The van der Waals surface area contributed by atoms with Crippen LogP contribution in [0.3, 0.4) is 0 Å². The summed E-state index contributed by atoms with van der Waals surface area (Å²) in [5.41, 5.74) is 1.01. The van der Waals surface area contributed by atoms with Crippen LogP contribution in [0.4, 0.5) is 5.69 Å². The predicted octanol–water partition coefficient (Wildman–Crippen LogP) is 2.32. The Morgan fingerprint density at radius 2 is 1.67 bits per heavy atom. The molecule has 0 unspecified atom stereocenters. The molecule has 0 amide bonds. The summed E-state index contributed by atoms with van der Waals surface area (Å²) >= 11 is 0. The summed E-state index contributed by atoms with van der Waals surface area (Å²) in [4.78, 5) is 2.45. The lowest BCUT2D eigenvalue weighted by atomic mass is 10.2. The van der Waals surface area contributed by atoms with Crippen LogP contribution in [0.2, 0.25) is 0 Å². The summed E-state index contributed by atoms with van der Waals surface area (Å²) in [7, 11) is -3.50. The summed E-state index contributed by atoms with van der Waals surface area (Å²) in [6.07, 6.45) is 0. The first-order chi connectivity index (χ1) is 13.1. The van der Waals surface area contributed by atoms with Gasteiger partial charge in [-0.25, -0.2) is 8.42 Å². The Labute approximate surface area is 159 Å². The SMILES string of the molecule is CCOc1ccc(S(=O)(=O)N2CCN(c3ccc4c(c3)OCO4)CC2)cc1. The van der Waals surface area contributed by atoms with Crippen LogP contribution in [0.1, 0.15) is 6.92 Å². The van der Waals surface area contributed by atoms with E-state index in [0.717, 1.165) is 17.2 Å². The number of fused-ring (bicyclic) bond motifs is 1. The summed E-state index contributed by atoms with van der Waals surface area (Å²) in [5.74, 6) is 2.15. The molecule has 0 bridgehead atoms. The number of nitrogens with zero attached hydrogens (tertiary/aromatic N) is 2. The van der Waals surface area contributed by atoms with Gasteiger partial charge in [0.15, 0.2) is 11.5 Å². The van der Waals surface area contributed by atoms with E-state index in [2.05, 4.69) is 4.90 Å². The largest absolute Gasteiger partial charge is 0.494 e. The first kappa shape index (κ1) is 17.9. The number of hydrogen-bond acceptors (Lipinski definition) is 6. The Hall–Kier alpha value is -2.45. The Morgan fingerprint density at radius 1 is 0.963 bits per heavy atom. The lowest BCUT2D eigenvalue weighted by molar-refractivity contribution is 0.174. The van der Waals surface area contributed by atoms with Gasteiger partial charge in [0.1, 0.15) is 5.75 Å². The average molecular weight is 390 g/mol. The van der Waals surface area contributed by atoms with Crippen LogP contribution in [0.25, 0.3) is 0 Å². The van der Waals surface area contributed by atoms with E-state index in [1.54, 1.807) is 24.3 Å². The number of ether oxygens (including phenoxy) is 3. The molecule has 0 spiro atoms. The minimum absolute atomic E-state index is 0.243. The molecule has 2 aromatic carbocycles. The summed E-state index contributed by atoms with van der Waals surface area (Å²) in [5, 5.41) is 0. The monoisotopic (exact) mass is 390 g/mol. The zero-order valence-corrected chi connectivity index (χ0v) is 15.9. The lowest BCUT2D eigenvalue weighted by Crippen LogP contribution is -2.48. The van der Waals surface area contributed by atoms with Crippen LogP contribution in [-0.2, 0) is 10.0 Å². The maximum atomic E-state index is 12.9. The fourth-order valence-electron chi connectivity index (χ4n) is 3.29. The molecule has 2 aromatic rings. The van der Waals surface area contributed by atoms with Crippen molar-refractivity contribution in [2.24, 2.45) is 0 Å². The minimum Gasteiger partial charge on any atom is -0.494 e. The third-order valence-corrected chi connectivity index (χ3v) is 6.65. The van der Waals surface area contributed by atoms with Crippen molar-refractivity contribution in [2.45, 2.75) is 11.8 Å². The van der Waals surface area contributed by atoms with Gasteiger partial charge in [0.25, 0.3) is 0 Å². The number of anilines is 1. The highest BCUT2D eigenvalue weighted by molar-refractivity contribution is 7.89. The molecule has 0 N–H and O–H groups in total. The minimum atomic E-state index is -3.50. The van der Waals surface area contributed by atoms with Gasteiger partial charge in [-0.15, -0.1) is 0 Å². The topological polar surface area (TPSA) is 68.3 Å². The first-order valence-corrected chi connectivity index (χ1v) is 10.4. The van der Waals surface area contributed by atoms with Crippen molar-refractivity contribution < 1.29 is 22.6 Å². The van der Waals surface area contributed by atoms with Crippen LogP contribution in [0, 0.1) is 0 Å². The molecule has 0 atom stereocenters. The van der Waals surface area contributed by atoms with Crippen LogP contribution in [0.15, 0.2) is 47.4 Å². The molecule has 144 valence electrons. The highest BCUT2D eigenvalue weighted by Crippen LogP contribution is 2.35. The van der Waals surface area contributed by atoms with Crippen molar-refractivity contribution in [1.82, 2.24) is 4.31 Å². The van der Waals surface area contributed by atoms with E-state index in [-0.39, 0.29) is 6.79 Å². The fraction of sp³-hybridized carbons (Fsp3) is 0.368. The second-order valence-corrected chi connectivity index (χ2v) is 8.27. The molecule has 8 heteroatoms. The Morgan fingerprint density at radius 3 is 2.37 bits per heavy atom. The Bertz CT molecular complexity index is 906. The molecule has 1 saturated heterocycles. The smallest absolute Gasteiger partial charge is 0.243 e. The Kier molecular flexibility index (Phi) is 4.84. The highest BCUT2D eigenvalue weighted by Gasteiger charge is 2.29. The number of hydrogen-bond donors (Lipinski definition) is 0. The quantitative estimate of drug-likeness (QED) is 0.781.